The molecule has 2 heterocycles. The van der Waals surface area contributed by atoms with Gasteiger partial charge in [0.05, 0.1) is 17.3 Å². The van der Waals surface area contributed by atoms with E-state index in [1.54, 1.807) is 29.2 Å². The molecule has 8 nitrogen and oxygen atoms in total. The molecule has 3 N–H and O–H groups in total. The summed E-state index contributed by atoms with van der Waals surface area (Å²) in [4.78, 5) is 29.8. The van der Waals surface area contributed by atoms with Crippen molar-refractivity contribution < 1.29 is 14.7 Å². The van der Waals surface area contributed by atoms with Crippen molar-refractivity contribution in [3.8, 4) is 17.1 Å². The largest absolute Gasteiger partial charge is 0.381 e. The van der Waals surface area contributed by atoms with Gasteiger partial charge in [-0.25, -0.2) is 9.67 Å². The summed E-state index contributed by atoms with van der Waals surface area (Å²) < 4.78 is 1.54. The number of amides is 2. The van der Waals surface area contributed by atoms with Gasteiger partial charge in [-0.05, 0) is 30.2 Å². The monoisotopic (exact) mass is 455 g/mol. The predicted octanol–water partition coefficient (Wildman–Crippen LogP) is 2.38. The Morgan fingerprint density at radius 2 is 1.68 bits per heavy atom. The number of hydrogen-bond acceptors (Lipinski definition) is 5. The van der Waals surface area contributed by atoms with Gasteiger partial charge in [0, 0.05) is 25.0 Å². The van der Waals surface area contributed by atoms with E-state index in [9.17, 15) is 14.7 Å². The van der Waals surface area contributed by atoms with Crippen LogP contribution in [0.5, 0.6) is 0 Å². The molecule has 0 saturated heterocycles. The Hall–Kier alpha value is -4.30. The first-order valence-electron chi connectivity index (χ1n) is 10.9. The first-order valence-corrected chi connectivity index (χ1v) is 10.9. The summed E-state index contributed by atoms with van der Waals surface area (Å²) in [5, 5.41) is 20.4. The maximum atomic E-state index is 13.3. The minimum atomic E-state index is -1.43. The van der Waals surface area contributed by atoms with E-state index in [1.165, 1.54) is 7.05 Å². The Balaban J connectivity index is 1.61. The van der Waals surface area contributed by atoms with Crippen molar-refractivity contribution in [2.24, 2.45) is 0 Å². The second-order valence-corrected chi connectivity index (χ2v) is 7.71. The van der Waals surface area contributed by atoms with Crippen molar-refractivity contribution in [2.75, 3.05) is 7.05 Å². The third-order valence-corrected chi connectivity index (χ3v) is 5.42. The third-order valence-electron chi connectivity index (χ3n) is 5.42. The number of aliphatic hydroxyl groups is 1. The van der Waals surface area contributed by atoms with Crippen LogP contribution in [0.15, 0.2) is 91.3 Å². The molecule has 0 bridgehead atoms. The van der Waals surface area contributed by atoms with E-state index in [1.807, 2.05) is 66.7 Å². The maximum Gasteiger partial charge on any atom is 0.255 e. The van der Waals surface area contributed by atoms with Gasteiger partial charge in [0.2, 0.25) is 0 Å². The summed E-state index contributed by atoms with van der Waals surface area (Å²) in [6.07, 6.45) is 2.17. The standard InChI is InChI=1S/C26H25N5O3/c1-27-26(34)23(32)22(17-18-9-4-2-5-10-18)29-25(33)20-13-8-15-28-24(20)31-16-14-21(30-31)19-11-6-3-7-12-19/h2-16,22-23,32H,17H2,1H3,(H,27,34)(H,29,33). The molecule has 0 spiro atoms. The van der Waals surface area contributed by atoms with Crippen LogP contribution >= 0.6 is 0 Å². The first kappa shape index (κ1) is 22.9. The van der Waals surface area contributed by atoms with Crippen molar-refractivity contribution in [3.63, 3.8) is 0 Å². The Morgan fingerprint density at radius 3 is 2.38 bits per heavy atom. The van der Waals surface area contributed by atoms with Crippen LogP contribution in [0.2, 0.25) is 0 Å². The molecular weight excluding hydrogens is 430 g/mol. The molecule has 172 valence electrons. The number of benzene rings is 2. The number of rotatable bonds is 8. The molecular formula is C26H25N5O3. The van der Waals surface area contributed by atoms with Gasteiger partial charge < -0.3 is 15.7 Å². The highest BCUT2D eigenvalue weighted by molar-refractivity contribution is 5.97. The van der Waals surface area contributed by atoms with Crippen molar-refractivity contribution in [3.05, 3.63) is 102 Å². The molecule has 4 aromatic rings. The van der Waals surface area contributed by atoms with E-state index in [4.69, 9.17) is 0 Å². The number of nitrogens with zero attached hydrogens (tertiary/aromatic N) is 3. The number of nitrogens with one attached hydrogen (secondary N) is 2. The quantitative estimate of drug-likeness (QED) is 0.378. The second kappa shape index (κ2) is 10.5. The van der Waals surface area contributed by atoms with Gasteiger partial charge in [0.25, 0.3) is 11.8 Å². The maximum absolute atomic E-state index is 13.3. The van der Waals surface area contributed by atoms with Crippen LogP contribution in [0.1, 0.15) is 15.9 Å². The number of pyridine rings is 1. The van der Waals surface area contributed by atoms with Gasteiger partial charge >= 0.3 is 0 Å². The lowest BCUT2D eigenvalue weighted by Gasteiger charge is -2.23. The zero-order valence-electron chi connectivity index (χ0n) is 18.6. The van der Waals surface area contributed by atoms with Crippen LogP contribution in [0.3, 0.4) is 0 Å². The van der Waals surface area contributed by atoms with Crippen LogP contribution in [-0.4, -0.2) is 50.9 Å². The average molecular weight is 456 g/mol. The van der Waals surface area contributed by atoms with Crippen molar-refractivity contribution in [1.29, 1.82) is 0 Å². The third kappa shape index (κ3) is 5.19. The van der Waals surface area contributed by atoms with Gasteiger partial charge in [-0.2, -0.15) is 5.10 Å². The van der Waals surface area contributed by atoms with Crippen LogP contribution in [0.4, 0.5) is 0 Å². The smallest absolute Gasteiger partial charge is 0.255 e. The lowest BCUT2D eigenvalue weighted by molar-refractivity contribution is -0.130. The molecule has 0 saturated carbocycles. The molecule has 34 heavy (non-hydrogen) atoms. The predicted molar refractivity (Wildman–Crippen MR) is 128 cm³/mol. The van der Waals surface area contributed by atoms with E-state index in [2.05, 4.69) is 20.7 Å². The molecule has 4 rings (SSSR count). The highest BCUT2D eigenvalue weighted by Crippen LogP contribution is 2.19. The van der Waals surface area contributed by atoms with Gasteiger partial charge in [0.15, 0.2) is 11.9 Å². The molecule has 8 heteroatoms. The summed E-state index contributed by atoms with van der Waals surface area (Å²) in [6.45, 7) is 0. The van der Waals surface area contributed by atoms with E-state index in [0.29, 0.717) is 5.82 Å². The van der Waals surface area contributed by atoms with Crippen LogP contribution in [0, 0.1) is 0 Å². The van der Waals surface area contributed by atoms with E-state index >= 15 is 0 Å². The second-order valence-electron chi connectivity index (χ2n) is 7.71. The number of hydrogen-bond donors (Lipinski definition) is 3. The molecule has 0 aliphatic carbocycles. The molecule has 2 atom stereocenters. The minimum Gasteiger partial charge on any atom is -0.381 e. The first-order chi connectivity index (χ1) is 16.6. The normalized spacial score (nSPS) is 12.5. The Labute approximate surface area is 197 Å². The average Bonchev–Trinajstić information content (AvgIpc) is 3.39. The molecule has 0 aliphatic heterocycles. The summed E-state index contributed by atoms with van der Waals surface area (Å²) in [5.41, 5.74) is 2.84. The Bertz CT molecular complexity index is 1260. The molecule has 2 aromatic carbocycles. The topological polar surface area (TPSA) is 109 Å². The molecule has 0 aliphatic rings. The van der Waals surface area contributed by atoms with Crippen LogP contribution in [-0.2, 0) is 11.2 Å². The van der Waals surface area contributed by atoms with Crippen molar-refractivity contribution in [2.45, 2.75) is 18.6 Å². The van der Waals surface area contributed by atoms with E-state index in [-0.39, 0.29) is 12.0 Å². The van der Waals surface area contributed by atoms with Crippen molar-refractivity contribution >= 4 is 11.8 Å². The molecule has 2 unspecified atom stereocenters. The highest BCUT2D eigenvalue weighted by atomic mass is 16.3. The molecule has 2 amide bonds. The summed E-state index contributed by atoms with van der Waals surface area (Å²) >= 11 is 0. The fourth-order valence-corrected chi connectivity index (χ4v) is 3.65. The zero-order valence-corrected chi connectivity index (χ0v) is 18.6. The SMILES string of the molecule is CNC(=O)C(O)C(Cc1ccccc1)NC(=O)c1cccnc1-n1ccc(-c2ccccc2)n1. The number of carbonyl (C=O) groups excluding carboxylic acids is 2. The Kier molecular flexibility index (Phi) is 7.10. The summed E-state index contributed by atoms with van der Waals surface area (Å²) in [5.74, 6) is -0.703. The summed E-state index contributed by atoms with van der Waals surface area (Å²) in [6, 6.07) is 23.3. The van der Waals surface area contributed by atoms with Gasteiger partial charge in [-0.3, -0.25) is 9.59 Å². The van der Waals surface area contributed by atoms with E-state index in [0.717, 1.165) is 16.8 Å². The van der Waals surface area contributed by atoms with Gasteiger partial charge in [0.1, 0.15) is 0 Å². The zero-order chi connectivity index (χ0) is 23.9. The van der Waals surface area contributed by atoms with Crippen LogP contribution < -0.4 is 10.6 Å². The van der Waals surface area contributed by atoms with Gasteiger partial charge in [-0.15, -0.1) is 0 Å². The number of aromatic nitrogens is 3. The number of aliphatic hydroxyl groups excluding tert-OH is 1. The highest BCUT2D eigenvalue weighted by Gasteiger charge is 2.28. The molecule has 0 radical (unpaired) electrons. The number of likely N-dealkylation sites (N-methyl/N-ethyl adjacent to an activating group) is 1. The lowest BCUT2D eigenvalue weighted by Crippen LogP contribution is -2.51. The minimum absolute atomic E-state index is 0.271. The lowest BCUT2D eigenvalue weighted by atomic mass is 10.00. The fraction of sp³-hybridized carbons (Fsp3) is 0.154. The van der Waals surface area contributed by atoms with Crippen LogP contribution in [0.25, 0.3) is 17.1 Å². The van der Waals surface area contributed by atoms with E-state index < -0.39 is 24.0 Å². The molecule has 2 aromatic heterocycles. The molecule has 0 fully saturated rings. The van der Waals surface area contributed by atoms with Crippen molar-refractivity contribution in [1.82, 2.24) is 25.4 Å². The summed E-state index contributed by atoms with van der Waals surface area (Å²) in [7, 11) is 1.44. The Morgan fingerprint density at radius 1 is 0.971 bits per heavy atom. The van der Waals surface area contributed by atoms with Gasteiger partial charge in [-0.1, -0.05) is 60.7 Å². The number of carbonyl (C=O) groups is 2. The fourth-order valence-electron chi connectivity index (χ4n) is 3.65.